The van der Waals surface area contributed by atoms with Crippen LogP contribution in [-0.2, 0) is 14.3 Å². The Morgan fingerprint density at radius 3 is 2.40 bits per heavy atom. The summed E-state index contributed by atoms with van der Waals surface area (Å²) in [7, 11) is 0. The van der Waals surface area contributed by atoms with Crippen molar-refractivity contribution < 1.29 is 14.3 Å². The van der Waals surface area contributed by atoms with Gasteiger partial charge in [0.25, 0.3) is 0 Å². The maximum Gasteiger partial charge on any atom is 0.302 e. The van der Waals surface area contributed by atoms with Gasteiger partial charge in [-0.2, -0.15) is 0 Å². The molecule has 4 fully saturated rings. The maximum atomic E-state index is 12.2. The Labute approximate surface area is 159 Å². The summed E-state index contributed by atoms with van der Waals surface area (Å²) in [4.78, 5) is 23.8. The third-order valence-corrected chi connectivity index (χ3v) is 9.88. The molecule has 4 aliphatic carbocycles. The van der Waals surface area contributed by atoms with E-state index in [9.17, 15) is 9.59 Å². The minimum atomic E-state index is -0.127. The van der Waals surface area contributed by atoms with E-state index in [1.54, 1.807) is 6.92 Å². The van der Waals surface area contributed by atoms with Crippen LogP contribution in [0.4, 0.5) is 0 Å². The van der Waals surface area contributed by atoms with Crippen LogP contribution in [0.1, 0.15) is 72.1 Å². The third kappa shape index (κ3) is 2.56. The van der Waals surface area contributed by atoms with Crippen molar-refractivity contribution in [1.82, 2.24) is 0 Å². The molecule has 8 atom stereocenters. The summed E-state index contributed by atoms with van der Waals surface area (Å²) in [6, 6.07) is 0. The monoisotopic (exact) mass is 410 g/mol. The Morgan fingerprint density at radius 2 is 1.68 bits per heavy atom. The molecule has 25 heavy (non-hydrogen) atoms. The predicted molar refractivity (Wildman–Crippen MR) is 100 cm³/mol. The molecule has 0 amide bonds. The fraction of sp³-hybridized carbons (Fsp3) is 0.905. The fourth-order valence-corrected chi connectivity index (χ4v) is 8.53. The van der Waals surface area contributed by atoms with Crippen molar-refractivity contribution in [3.05, 3.63) is 0 Å². The molecule has 0 aromatic rings. The largest absolute Gasteiger partial charge is 0.462 e. The van der Waals surface area contributed by atoms with E-state index < -0.39 is 0 Å². The highest BCUT2D eigenvalue weighted by Crippen LogP contribution is 2.66. The Hall–Kier alpha value is -0.380. The number of Topliss-reactive ketones (excluding diaryl/α,β-unsaturated/α-hetero) is 1. The molecule has 140 valence electrons. The summed E-state index contributed by atoms with van der Waals surface area (Å²) in [6.07, 6.45) is 8.96. The van der Waals surface area contributed by atoms with Gasteiger partial charge in [0.05, 0.1) is 4.83 Å². The van der Waals surface area contributed by atoms with Gasteiger partial charge < -0.3 is 4.74 Å². The number of ketones is 1. The Balaban J connectivity index is 1.60. The standard InChI is InChI=1S/C21H31BrO3/c1-12(23)25-18-7-6-14-13-4-5-16-19(22)17(24)9-11-20(16,2)15(13)8-10-21(14,18)3/h13-16,18-19H,4-11H2,1-3H3/t13-,14+,15-,16-,18-,19-,20-,21+/m1/s1. The summed E-state index contributed by atoms with van der Waals surface area (Å²) in [5.41, 5.74) is 0.458. The van der Waals surface area contributed by atoms with Gasteiger partial charge in [-0.05, 0) is 74.0 Å². The molecule has 0 bridgehead atoms. The van der Waals surface area contributed by atoms with Gasteiger partial charge in [-0.3, -0.25) is 9.59 Å². The molecule has 0 unspecified atom stereocenters. The van der Waals surface area contributed by atoms with Crippen LogP contribution in [-0.4, -0.2) is 22.7 Å². The quantitative estimate of drug-likeness (QED) is 0.455. The number of ether oxygens (including phenoxy) is 1. The number of carbonyl (C=O) groups is 2. The summed E-state index contributed by atoms with van der Waals surface area (Å²) >= 11 is 3.74. The van der Waals surface area contributed by atoms with E-state index in [1.807, 2.05) is 0 Å². The van der Waals surface area contributed by atoms with Gasteiger partial charge in [0, 0.05) is 18.8 Å². The van der Waals surface area contributed by atoms with Crippen LogP contribution in [0.2, 0.25) is 0 Å². The van der Waals surface area contributed by atoms with Crippen molar-refractivity contribution in [2.75, 3.05) is 0 Å². The van der Waals surface area contributed by atoms with Crippen molar-refractivity contribution in [2.45, 2.75) is 83.1 Å². The number of carbonyl (C=O) groups excluding carboxylic acids is 2. The lowest BCUT2D eigenvalue weighted by Gasteiger charge is -2.60. The summed E-state index contributed by atoms with van der Waals surface area (Å²) in [6.45, 7) is 6.39. The number of hydrogen-bond donors (Lipinski definition) is 0. The number of fused-ring (bicyclic) bond motifs is 5. The molecule has 0 aromatic carbocycles. The lowest BCUT2D eigenvalue weighted by Crippen LogP contribution is -2.56. The normalized spacial score (nSPS) is 52.1. The lowest BCUT2D eigenvalue weighted by molar-refractivity contribution is -0.161. The molecule has 4 aliphatic rings. The highest BCUT2D eigenvalue weighted by atomic mass is 79.9. The molecule has 4 saturated carbocycles. The second kappa shape index (κ2) is 6.07. The van der Waals surface area contributed by atoms with Crippen molar-refractivity contribution in [2.24, 2.45) is 34.5 Å². The van der Waals surface area contributed by atoms with Gasteiger partial charge in [-0.1, -0.05) is 29.8 Å². The highest BCUT2D eigenvalue weighted by molar-refractivity contribution is 9.10. The first-order valence-electron chi connectivity index (χ1n) is 10.1. The van der Waals surface area contributed by atoms with Crippen LogP contribution >= 0.6 is 15.9 Å². The summed E-state index contributed by atoms with van der Waals surface area (Å²) in [5, 5.41) is 0. The van der Waals surface area contributed by atoms with E-state index in [2.05, 4.69) is 29.8 Å². The van der Waals surface area contributed by atoms with E-state index in [0.717, 1.165) is 31.1 Å². The molecule has 0 heterocycles. The van der Waals surface area contributed by atoms with Crippen LogP contribution in [0.25, 0.3) is 0 Å². The van der Waals surface area contributed by atoms with Crippen molar-refractivity contribution in [3.8, 4) is 0 Å². The SMILES string of the molecule is CC(=O)O[C@@H]1CC[C@H]2[C@H]3CC[C@@H]4[C@@H](Br)C(=O)CC[C@]4(C)[C@@H]3CC[C@]12C. The van der Waals surface area contributed by atoms with Gasteiger partial charge in [-0.25, -0.2) is 0 Å². The number of halogens is 1. The molecular weight excluding hydrogens is 380 g/mol. The van der Waals surface area contributed by atoms with Crippen molar-refractivity contribution >= 4 is 27.7 Å². The Bertz CT molecular complexity index is 590. The molecule has 0 aliphatic heterocycles. The zero-order valence-corrected chi connectivity index (χ0v) is 17.3. The lowest BCUT2D eigenvalue weighted by atomic mass is 9.45. The van der Waals surface area contributed by atoms with Gasteiger partial charge in [0.15, 0.2) is 0 Å². The molecule has 0 saturated heterocycles. The Kier molecular flexibility index (Phi) is 4.37. The van der Waals surface area contributed by atoms with E-state index in [1.165, 1.54) is 32.1 Å². The van der Waals surface area contributed by atoms with Crippen LogP contribution in [0.3, 0.4) is 0 Å². The predicted octanol–water partition coefficient (Wildman–Crippen LogP) is 4.90. The third-order valence-electron chi connectivity index (χ3n) is 8.73. The molecule has 0 spiro atoms. The number of esters is 1. The van der Waals surface area contributed by atoms with Gasteiger partial charge in [0.2, 0.25) is 0 Å². The number of hydrogen-bond acceptors (Lipinski definition) is 3. The molecule has 0 aromatic heterocycles. The smallest absolute Gasteiger partial charge is 0.302 e. The molecule has 3 nitrogen and oxygen atoms in total. The minimum absolute atomic E-state index is 0.0675. The molecule has 4 heteroatoms. The molecule has 0 radical (unpaired) electrons. The van der Waals surface area contributed by atoms with Crippen molar-refractivity contribution in [1.29, 1.82) is 0 Å². The van der Waals surface area contributed by atoms with Crippen molar-refractivity contribution in [3.63, 3.8) is 0 Å². The minimum Gasteiger partial charge on any atom is -0.462 e. The van der Waals surface area contributed by atoms with Gasteiger partial charge >= 0.3 is 5.97 Å². The topological polar surface area (TPSA) is 43.4 Å². The zero-order chi connectivity index (χ0) is 18.0. The zero-order valence-electron chi connectivity index (χ0n) is 15.7. The average Bonchev–Trinajstić information content (AvgIpc) is 2.88. The summed E-state index contributed by atoms with van der Waals surface area (Å²) in [5.74, 6) is 2.95. The van der Waals surface area contributed by atoms with E-state index in [0.29, 0.717) is 23.0 Å². The highest BCUT2D eigenvalue weighted by Gasteiger charge is 2.62. The van der Waals surface area contributed by atoms with Gasteiger partial charge in [-0.15, -0.1) is 0 Å². The first kappa shape index (κ1) is 18.0. The summed E-state index contributed by atoms with van der Waals surface area (Å²) < 4.78 is 5.74. The molecule has 4 rings (SSSR count). The fourth-order valence-electron chi connectivity index (χ4n) is 7.44. The first-order chi connectivity index (χ1) is 11.8. The first-order valence-corrected chi connectivity index (χ1v) is 11.0. The molecule has 0 N–H and O–H groups in total. The van der Waals surface area contributed by atoms with Crippen LogP contribution in [0, 0.1) is 34.5 Å². The van der Waals surface area contributed by atoms with Gasteiger partial charge in [0.1, 0.15) is 11.9 Å². The van der Waals surface area contributed by atoms with Crippen LogP contribution in [0.15, 0.2) is 0 Å². The van der Waals surface area contributed by atoms with E-state index in [-0.39, 0.29) is 22.3 Å². The second-order valence-electron chi connectivity index (χ2n) is 9.65. The molecular formula is C21H31BrO3. The van der Waals surface area contributed by atoms with Crippen LogP contribution < -0.4 is 0 Å². The number of rotatable bonds is 1. The number of alkyl halides is 1. The second-order valence-corrected chi connectivity index (χ2v) is 10.6. The average molecular weight is 411 g/mol. The van der Waals surface area contributed by atoms with E-state index >= 15 is 0 Å². The Morgan fingerprint density at radius 1 is 1.00 bits per heavy atom. The van der Waals surface area contributed by atoms with Crippen LogP contribution in [0.5, 0.6) is 0 Å². The van der Waals surface area contributed by atoms with E-state index in [4.69, 9.17) is 4.74 Å². The maximum absolute atomic E-state index is 12.2.